The Hall–Kier alpha value is -2.38. The lowest BCUT2D eigenvalue weighted by atomic mass is 10.1. The van der Waals surface area contributed by atoms with Crippen LogP contribution in [0.2, 0.25) is 0 Å². The van der Waals surface area contributed by atoms with E-state index < -0.39 is 0 Å². The highest BCUT2D eigenvalue weighted by atomic mass is 15.2. The van der Waals surface area contributed by atoms with Gasteiger partial charge < -0.3 is 10.2 Å². The molecule has 1 atom stereocenters. The average molecular weight is 280 g/mol. The van der Waals surface area contributed by atoms with E-state index in [0.29, 0.717) is 5.56 Å². The zero-order chi connectivity index (χ0) is 15.2. The predicted molar refractivity (Wildman–Crippen MR) is 85.5 cm³/mol. The zero-order valence-corrected chi connectivity index (χ0v) is 12.7. The average Bonchev–Trinajstić information content (AvgIpc) is 2.54. The topological polar surface area (TPSA) is 52.0 Å². The summed E-state index contributed by atoms with van der Waals surface area (Å²) in [6.45, 7) is 5.10. The van der Waals surface area contributed by atoms with Gasteiger partial charge in [0.15, 0.2) is 0 Å². The normalized spacial score (nSPS) is 11.7. The van der Waals surface area contributed by atoms with Crippen LogP contribution >= 0.6 is 0 Å². The van der Waals surface area contributed by atoms with Crippen LogP contribution in [0.25, 0.3) is 0 Å². The molecule has 0 aliphatic rings. The zero-order valence-electron chi connectivity index (χ0n) is 12.7. The number of nitrogens with zero attached hydrogens (tertiary/aromatic N) is 3. The summed E-state index contributed by atoms with van der Waals surface area (Å²) >= 11 is 0. The highest BCUT2D eigenvalue weighted by molar-refractivity contribution is 5.68. The molecular formula is C17H20N4. The number of aromatic nitrogens is 1. The summed E-state index contributed by atoms with van der Waals surface area (Å²) in [4.78, 5) is 6.48. The smallest absolute Gasteiger partial charge is 0.137 e. The van der Waals surface area contributed by atoms with Crippen molar-refractivity contribution < 1.29 is 0 Å². The molecule has 21 heavy (non-hydrogen) atoms. The van der Waals surface area contributed by atoms with Crippen LogP contribution in [0.5, 0.6) is 0 Å². The van der Waals surface area contributed by atoms with Crippen molar-refractivity contribution in [3.8, 4) is 6.07 Å². The molecule has 4 nitrogen and oxygen atoms in total. The fourth-order valence-electron chi connectivity index (χ4n) is 2.42. The fourth-order valence-corrected chi connectivity index (χ4v) is 2.42. The Balaban J connectivity index is 2.44. The molecule has 0 fully saturated rings. The van der Waals surface area contributed by atoms with E-state index in [4.69, 9.17) is 0 Å². The second kappa shape index (κ2) is 6.87. The molecule has 4 heteroatoms. The Bertz CT molecular complexity index is 645. The van der Waals surface area contributed by atoms with Crippen LogP contribution < -0.4 is 10.2 Å². The Morgan fingerprint density at radius 3 is 2.76 bits per heavy atom. The Morgan fingerprint density at radius 1 is 1.29 bits per heavy atom. The second-order valence-electron chi connectivity index (χ2n) is 4.88. The molecule has 1 N–H and O–H groups in total. The summed E-state index contributed by atoms with van der Waals surface area (Å²) in [7, 11) is 1.95. The minimum Gasteiger partial charge on any atom is -0.328 e. The van der Waals surface area contributed by atoms with Crippen molar-refractivity contribution in [2.75, 3.05) is 18.5 Å². The molecule has 0 aliphatic carbocycles. The van der Waals surface area contributed by atoms with Crippen molar-refractivity contribution in [1.29, 1.82) is 5.26 Å². The van der Waals surface area contributed by atoms with Gasteiger partial charge in [-0.05, 0) is 31.7 Å². The van der Waals surface area contributed by atoms with Crippen LogP contribution in [-0.2, 0) is 0 Å². The lowest BCUT2D eigenvalue weighted by molar-refractivity contribution is 0.596. The SMILES string of the molecule is CCNC(C)c1cccnc1N(C)c1ccccc1C#N. The minimum absolute atomic E-state index is 0.204. The van der Waals surface area contributed by atoms with Gasteiger partial charge in [-0.2, -0.15) is 5.26 Å². The molecule has 0 bridgehead atoms. The first-order valence-corrected chi connectivity index (χ1v) is 7.10. The molecule has 2 rings (SSSR count). The van der Waals surface area contributed by atoms with E-state index in [1.54, 1.807) is 6.20 Å². The largest absolute Gasteiger partial charge is 0.328 e. The maximum absolute atomic E-state index is 9.27. The molecule has 108 valence electrons. The molecule has 2 aromatic rings. The number of para-hydroxylation sites is 1. The van der Waals surface area contributed by atoms with E-state index in [2.05, 4.69) is 36.3 Å². The summed E-state index contributed by atoms with van der Waals surface area (Å²) < 4.78 is 0. The lowest BCUT2D eigenvalue weighted by Gasteiger charge is -2.24. The third-order valence-corrected chi connectivity index (χ3v) is 3.50. The maximum Gasteiger partial charge on any atom is 0.137 e. The maximum atomic E-state index is 9.27. The van der Waals surface area contributed by atoms with Crippen LogP contribution in [0.4, 0.5) is 11.5 Å². The highest BCUT2D eigenvalue weighted by Crippen LogP contribution is 2.30. The van der Waals surface area contributed by atoms with Crippen molar-refractivity contribution in [3.63, 3.8) is 0 Å². The summed E-state index contributed by atoms with van der Waals surface area (Å²) in [5, 5.41) is 12.7. The van der Waals surface area contributed by atoms with Crippen LogP contribution in [0, 0.1) is 11.3 Å². The van der Waals surface area contributed by atoms with Crippen molar-refractivity contribution in [2.24, 2.45) is 0 Å². The molecule has 0 aliphatic heterocycles. The van der Waals surface area contributed by atoms with Crippen molar-refractivity contribution in [1.82, 2.24) is 10.3 Å². The van der Waals surface area contributed by atoms with E-state index in [-0.39, 0.29) is 6.04 Å². The number of pyridine rings is 1. The molecule has 0 radical (unpaired) electrons. The van der Waals surface area contributed by atoms with Crippen LogP contribution in [-0.4, -0.2) is 18.6 Å². The van der Waals surface area contributed by atoms with Gasteiger partial charge in [0.1, 0.15) is 11.9 Å². The number of rotatable bonds is 5. The third kappa shape index (κ3) is 3.21. The van der Waals surface area contributed by atoms with E-state index >= 15 is 0 Å². The quantitative estimate of drug-likeness (QED) is 0.912. The molecule has 0 amide bonds. The van der Waals surface area contributed by atoms with Crippen molar-refractivity contribution in [2.45, 2.75) is 19.9 Å². The minimum atomic E-state index is 0.204. The van der Waals surface area contributed by atoms with Gasteiger partial charge in [-0.3, -0.25) is 0 Å². The standard InChI is InChI=1S/C17H20N4/c1-4-19-13(2)15-9-7-11-20-17(15)21(3)16-10-6-5-8-14(16)12-18/h5-11,13,19H,4H2,1-3H3. The van der Waals surface area contributed by atoms with Gasteiger partial charge in [-0.15, -0.1) is 0 Å². The van der Waals surface area contributed by atoms with E-state index in [9.17, 15) is 5.26 Å². The van der Waals surface area contributed by atoms with Gasteiger partial charge in [0.2, 0.25) is 0 Å². The first-order valence-electron chi connectivity index (χ1n) is 7.10. The molecule has 1 aromatic heterocycles. The fraction of sp³-hybridized carbons (Fsp3) is 0.294. The predicted octanol–water partition coefficient (Wildman–Crippen LogP) is 3.39. The first kappa shape index (κ1) is 15.0. The number of hydrogen-bond acceptors (Lipinski definition) is 4. The van der Waals surface area contributed by atoms with Gasteiger partial charge in [0.05, 0.1) is 11.3 Å². The molecule has 1 aromatic carbocycles. The number of nitrogens with one attached hydrogen (secondary N) is 1. The van der Waals surface area contributed by atoms with Gasteiger partial charge >= 0.3 is 0 Å². The van der Waals surface area contributed by atoms with Crippen molar-refractivity contribution in [3.05, 3.63) is 53.7 Å². The summed E-state index contributed by atoms with van der Waals surface area (Å²) in [5.74, 6) is 0.869. The number of hydrogen-bond donors (Lipinski definition) is 1. The van der Waals surface area contributed by atoms with E-state index in [1.165, 1.54) is 0 Å². The number of benzene rings is 1. The number of anilines is 2. The van der Waals surface area contributed by atoms with E-state index in [0.717, 1.165) is 23.6 Å². The summed E-state index contributed by atoms with van der Waals surface area (Å²) in [5.41, 5.74) is 2.63. The third-order valence-electron chi connectivity index (χ3n) is 3.50. The summed E-state index contributed by atoms with van der Waals surface area (Å²) in [6.07, 6.45) is 1.78. The molecule has 0 spiro atoms. The lowest BCUT2D eigenvalue weighted by Crippen LogP contribution is -2.22. The van der Waals surface area contributed by atoms with Crippen molar-refractivity contribution >= 4 is 11.5 Å². The Morgan fingerprint density at radius 2 is 2.05 bits per heavy atom. The van der Waals surface area contributed by atoms with Crippen LogP contribution in [0.3, 0.4) is 0 Å². The van der Waals surface area contributed by atoms with E-state index in [1.807, 2.05) is 42.3 Å². The molecule has 0 saturated carbocycles. The molecule has 0 saturated heterocycles. The molecule has 1 heterocycles. The Labute approximate surface area is 126 Å². The van der Waals surface area contributed by atoms with Crippen LogP contribution in [0.1, 0.15) is 31.0 Å². The monoisotopic (exact) mass is 280 g/mol. The second-order valence-corrected chi connectivity index (χ2v) is 4.88. The Kier molecular flexibility index (Phi) is 4.91. The highest BCUT2D eigenvalue weighted by Gasteiger charge is 2.16. The summed E-state index contributed by atoms with van der Waals surface area (Å²) in [6, 6.07) is 14.0. The van der Waals surface area contributed by atoms with Gasteiger partial charge in [-0.1, -0.05) is 25.1 Å². The first-order chi connectivity index (χ1) is 10.2. The van der Waals surface area contributed by atoms with Gasteiger partial charge in [-0.25, -0.2) is 4.98 Å². The molecular weight excluding hydrogens is 260 g/mol. The van der Waals surface area contributed by atoms with Gasteiger partial charge in [0.25, 0.3) is 0 Å². The number of nitriles is 1. The molecule has 1 unspecified atom stereocenters. The van der Waals surface area contributed by atoms with Crippen LogP contribution in [0.15, 0.2) is 42.6 Å². The van der Waals surface area contributed by atoms with Gasteiger partial charge in [0, 0.05) is 24.8 Å².